The van der Waals surface area contributed by atoms with Crippen molar-refractivity contribution in [2.75, 3.05) is 13.6 Å². The molecule has 0 fully saturated rings. The van der Waals surface area contributed by atoms with Gasteiger partial charge in [-0.25, -0.2) is 0 Å². The Labute approximate surface area is 61.4 Å². The molecule has 0 aromatic carbocycles. The van der Waals surface area contributed by atoms with Crippen LogP contribution in [0.5, 0.6) is 0 Å². The molecule has 0 rings (SSSR count). The average molecular weight is 145 g/mol. The van der Waals surface area contributed by atoms with Crippen molar-refractivity contribution in [1.29, 1.82) is 0 Å². The maximum Gasteiger partial charge on any atom is 0.307 e. The summed E-state index contributed by atoms with van der Waals surface area (Å²) >= 11 is 0. The van der Waals surface area contributed by atoms with Gasteiger partial charge in [0.1, 0.15) is 0 Å². The molecule has 3 heteroatoms. The summed E-state index contributed by atoms with van der Waals surface area (Å²) in [6.45, 7) is 2.56. The van der Waals surface area contributed by atoms with Crippen molar-refractivity contribution in [3.05, 3.63) is 0 Å². The van der Waals surface area contributed by atoms with Crippen LogP contribution in [0.4, 0.5) is 0 Å². The van der Waals surface area contributed by atoms with Crippen LogP contribution < -0.4 is 5.32 Å². The topological polar surface area (TPSA) is 49.3 Å². The third kappa shape index (κ3) is 3.45. The molecule has 0 aliphatic heterocycles. The molecule has 0 aliphatic rings. The Hall–Kier alpha value is -0.570. The fourth-order valence-electron chi connectivity index (χ4n) is 0.908. The molecule has 10 heavy (non-hydrogen) atoms. The van der Waals surface area contributed by atoms with E-state index in [1.54, 1.807) is 7.05 Å². The molecule has 1 unspecified atom stereocenters. The van der Waals surface area contributed by atoms with Gasteiger partial charge in [-0.15, -0.1) is 0 Å². The van der Waals surface area contributed by atoms with Crippen LogP contribution in [-0.2, 0) is 4.79 Å². The average Bonchev–Trinajstić information content (AvgIpc) is 1.87. The Kier molecular flexibility index (Phi) is 4.94. The van der Waals surface area contributed by atoms with E-state index in [0.717, 1.165) is 12.8 Å². The van der Waals surface area contributed by atoms with Gasteiger partial charge in [0.05, 0.1) is 5.92 Å². The highest BCUT2D eigenvalue weighted by atomic mass is 16.4. The minimum atomic E-state index is -0.698. The van der Waals surface area contributed by atoms with Crippen LogP contribution in [-0.4, -0.2) is 24.7 Å². The summed E-state index contributed by atoms with van der Waals surface area (Å²) in [5.41, 5.74) is 0. The lowest BCUT2D eigenvalue weighted by Gasteiger charge is -2.08. The molecule has 60 valence electrons. The van der Waals surface area contributed by atoms with E-state index in [2.05, 4.69) is 5.32 Å². The zero-order valence-corrected chi connectivity index (χ0v) is 6.55. The van der Waals surface area contributed by atoms with E-state index in [9.17, 15) is 4.79 Å². The van der Waals surface area contributed by atoms with Crippen LogP contribution in [0.2, 0.25) is 0 Å². The minimum absolute atomic E-state index is 0.213. The van der Waals surface area contributed by atoms with Crippen LogP contribution in [0, 0.1) is 5.92 Å². The third-order valence-electron chi connectivity index (χ3n) is 1.44. The predicted molar refractivity (Wildman–Crippen MR) is 40.0 cm³/mol. The largest absolute Gasteiger partial charge is 0.481 e. The summed E-state index contributed by atoms with van der Waals surface area (Å²) in [4.78, 5) is 10.4. The molecule has 0 aromatic rings. The second kappa shape index (κ2) is 5.23. The molecule has 0 amide bonds. The van der Waals surface area contributed by atoms with Crippen molar-refractivity contribution in [3.63, 3.8) is 0 Å². The number of rotatable bonds is 5. The van der Waals surface area contributed by atoms with Crippen molar-refractivity contribution in [1.82, 2.24) is 5.32 Å². The summed E-state index contributed by atoms with van der Waals surface area (Å²) in [5, 5.41) is 11.4. The van der Waals surface area contributed by atoms with Gasteiger partial charge in [0.25, 0.3) is 0 Å². The van der Waals surface area contributed by atoms with E-state index in [1.807, 2.05) is 6.92 Å². The molecule has 0 saturated carbocycles. The number of carboxylic acids is 1. The number of nitrogens with one attached hydrogen (secondary N) is 1. The number of hydrogen-bond donors (Lipinski definition) is 2. The molecule has 0 bridgehead atoms. The second-order valence-corrected chi connectivity index (χ2v) is 2.38. The monoisotopic (exact) mass is 145 g/mol. The molecule has 3 nitrogen and oxygen atoms in total. The highest BCUT2D eigenvalue weighted by Crippen LogP contribution is 2.04. The molecular weight excluding hydrogens is 130 g/mol. The normalized spacial score (nSPS) is 13.0. The first-order valence-electron chi connectivity index (χ1n) is 3.59. The van der Waals surface area contributed by atoms with Crippen LogP contribution >= 0.6 is 0 Å². The summed E-state index contributed by atoms with van der Waals surface area (Å²) in [5.74, 6) is -0.911. The maximum atomic E-state index is 10.4. The number of aliphatic carboxylic acids is 1. The summed E-state index contributed by atoms with van der Waals surface area (Å²) in [7, 11) is 1.77. The Morgan fingerprint density at radius 1 is 1.70 bits per heavy atom. The van der Waals surface area contributed by atoms with E-state index < -0.39 is 5.97 Å². The van der Waals surface area contributed by atoms with Gasteiger partial charge < -0.3 is 10.4 Å². The Morgan fingerprint density at radius 2 is 2.30 bits per heavy atom. The van der Waals surface area contributed by atoms with Crippen molar-refractivity contribution < 1.29 is 9.90 Å². The van der Waals surface area contributed by atoms with E-state index in [0.29, 0.717) is 6.54 Å². The maximum absolute atomic E-state index is 10.4. The number of carboxylic acid groups (broad SMARTS) is 1. The molecule has 2 N–H and O–H groups in total. The van der Waals surface area contributed by atoms with Crippen molar-refractivity contribution in [3.8, 4) is 0 Å². The SMILES string of the molecule is CCCC(CNC)C(=O)O. The molecule has 0 aliphatic carbocycles. The molecule has 0 saturated heterocycles. The highest BCUT2D eigenvalue weighted by molar-refractivity contribution is 5.70. The Bertz CT molecular complexity index is 97.8. The minimum Gasteiger partial charge on any atom is -0.481 e. The first-order valence-corrected chi connectivity index (χ1v) is 3.59. The van der Waals surface area contributed by atoms with Crippen LogP contribution in [0.3, 0.4) is 0 Å². The Morgan fingerprint density at radius 3 is 2.60 bits per heavy atom. The fourth-order valence-corrected chi connectivity index (χ4v) is 0.908. The first-order chi connectivity index (χ1) is 4.72. The van der Waals surface area contributed by atoms with Crippen molar-refractivity contribution in [2.45, 2.75) is 19.8 Å². The van der Waals surface area contributed by atoms with Gasteiger partial charge in [0.2, 0.25) is 0 Å². The van der Waals surface area contributed by atoms with Gasteiger partial charge in [-0.1, -0.05) is 13.3 Å². The van der Waals surface area contributed by atoms with Gasteiger partial charge >= 0.3 is 5.97 Å². The standard InChI is InChI=1S/C7H15NO2/c1-3-4-6(5-8-2)7(9)10/h6,8H,3-5H2,1-2H3,(H,9,10). The quantitative estimate of drug-likeness (QED) is 0.599. The lowest BCUT2D eigenvalue weighted by atomic mass is 10.0. The molecule has 0 aromatic heterocycles. The molecule has 0 radical (unpaired) electrons. The van der Waals surface area contributed by atoms with Crippen molar-refractivity contribution in [2.24, 2.45) is 5.92 Å². The highest BCUT2D eigenvalue weighted by Gasteiger charge is 2.13. The van der Waals surface area contributed by atoms with Gasteiger partial charge in [-0.05, 0) is 13.5 Å². The zero-order valence-electron chi connectivity index (χ0n) is 6.55. The fraction of sp³-hybridized carbons (Fsp3) is 0.857. The van der Waals surface area contributed by atoms with Crippen LogP contribution in [0.25, 0.3) is 0 Å². The van der Waals surface area contributed by atoms with Crippen molar-refractivity contribution >= 4 is 5.97 Å². The predicted octanol–water partition coefficient (Wildman–Crippen LogP) is 0.707. The van der Waals surface area contributed by atoms with E-state index in [1.165, 1.54) is 0 Å². The lowest BCUT2D eigenvalue weighted by molar-refractivity contribution is -0.141. The van der Waals surface area contributed by atoms with Crippen LogP contribution in [0.1, 0.15) is 19.8 Å². The van der Waals surface area contributed by atoms with E-state index >= 15 is 0 Å². The van der Waals surface area contributed by atoms with Crippen LogP contribution in [0.15, 0.2) is 0 Å². The molecule has 0 spiro atoms. The Balaban J connectivity index is 3.61. The lowest BCUT2D eigenvalue weighted by Crippen LogP contribution is -2.25. The summed E-state index contributed by atoms with van der Waals surface area (Å²) in [6.07, 6.45) is 1.69. The zero-order chi connectivity index (χ0) is 7.98. The van der Waals surface area contributed by atoms with E-state index in [-0.39, 0.29) is 5.92 Å². The third-order valence-corrected chi connectivity index (χ3v) is 1.44. The smallest absolute Gasteiger partial charge is 0.307 e. The number of hydrogen-bond acceptors (Lipinski definition) is 2. The second-order valence-electron chi connectivity index (χ2n) is 2.38. The molecular formula is C7H15NO2. The number of carbonyl (C=O) groups is 1. The van der Waals surface area contributed by atoms with Gasteiger partial charge in [0, 0.05) is 6.54 Å². The summed E-state index contributed by atoms with van der Waals surface area (Å²) in [6, 6.07) is 0. The van der Waals surface area contributed by atoms with Gasteiger partial charge in [0.15, 0.2) is 0 Å². The first kappa shape index (κ1) is 9.43. The summed E-state index contributed by atoms with van der Waals surface area (Å²) < 4.78 is 0. The van der Waals surface area contributed by atoms with E-state index in [4.69, 9.17) is 5.11 Å². The van der Waals surface area contributed by atoms with Gasteiger partial charge in [-0.3, -0.25) is 4.79 Å². The molecule has 1 atom stereocenters. The molecule has 0 heterocycles. The van der Waals surface area contributed by atoms with Gasteiger partial charge in [-0.2, -0.15) is 0 Å².